The van der Waals surface area contributed by atoms with Crippen LogP contribution in [0.2, 0.25) is 5.04 Å². The standard InChI is InChI=1S/C25H26Si/c1-19-18-25(21(3)20(19)2,22-12-10-11-13-22)26(23-14-6-4-7-15-23)24-16-8-5-9-17-24/h4-12,14-18,26H,13H2,1-3H3. The first-order valence-corrected chi connectivity index (χ1v) is 11.2. The van der Waals surface area contributed by atoms with E-state index in [2.05, 4.69) is 106 Å². The number of benzene rings is 2. The van der Waals surface area contributed by atoms with Gasteiger partial charge in [0, 0.05) is 5.04 Å². The summed E-state index contributed by atoms with van der Waals surface area (Å²) in [7, 11) is -1.57. The summed E-state index contributed by atoms with van der Waals surface area (Å²) in [6.45, 7) is 6.95. The number of allylic oxidation sites excluding steroid dienone is 8. The molecule has 0 amide bonds. The highest BCUT2D eigenvalue weighted by molar-refractivity contribution is 6.89. The van der Waals surface area contributed by atoms with Crippen LogP contribution in [0.4, 0.5) is 0 Å². The van der Waals surface area contributed by atoms with Crippen molar-refractivity contribution >= 4 is 19.2 Å². The molecule has 0 nitrogen and oxygen atoms in total. The zero-order chi connectivity index (χ0) is 18.1. The Hall–Kier alpha value is -2.38. The first-order chi connectivity index (χ1) is 12.6. The Bertz CT molecular complexity index is 889. The van der Waals surface area contributed by atoms with Gasteiger partial charge in [-0.2, -0.15) is 0 Å². The molecule has 0 saturated carbocycles. The van der Waals surface area contributed by atoms with E-state index in [1.54, 1.807) is 11.1 Å². The Morgan fingerprint density at radius 1 is 0.808 bits per heavy atom. The molecule has 0 spiro atoms. The minimum Gasteiger partial charge on any atom is -0.0804 e. The van der Waals surface area contributed by atoms with Crippen molar-refractivity contribution in [1.29, 1.82) is 0 Å². The van der Waals surface area contributed by atoms with E-state index in [4.69, 9.17) is 0 Å². The number of hydrogen-bond donors (Lipinski definition) is 0. The zero-order valence-corrected chi connectivity index (χ0v) is 17.0. The largest absolute Gasteiger partial charge is 0.121 e. The maximum atomic E-state index is 2.59. The predicted molar refractivity (Wildman–Crippen MR) is 116 cm³/mol. The second-order valence-corrected chi connectivity index (χ2v) is 10.6. The van der Waals surface area contributed by atoms with Crippen molar-refractivity contribution < 1.29 is 0 Å². The van der Waals surface area contributed by atoms with Gasteiger partial charge in [0.1, 0.15) is 8.80 Å². The lowest BCUT2D eigenvalue weighted by molar-refractivity contribution is 0.885. The van der Waals surface area contributed by atoms with Crippen molar-refractivity contribution in [2.24, 2.45) is 0 Å². The molecular formula is C25H26Si. The topological polar surface area (TPSA) is 0 Å². The first-order valence-electron chi connectivity index (χ1n) is 9.48. The zero-order valence-electron chi connectivity index (χ0n) is 15.9. The van der Waals surface area contributed by atoms with E-state index < -0.39 is 8.80 Å². The second-order valence-electron chi connectivity index (χ2n) is 7.52. The van der Waals surface area contributed by atoms with Crippen LogP contribution in [-0.2, 0) is 0 Å². The Morgan fingerprint density at radius 3 is 1.81 bits per heavy atom. The van der Waals surface area contributed by atoms with E-state index in [1.807, 2.05) is 0 Å². The fraction of sp³-hybridized carbons (Fsp3) is 0.200. The summed E-state index contributed by atoms with van der Waals surface area (Å²) in [5.74, 6) is 0. The molecule has 0 radical (unpaired) electrons. The number of rotatable bonds is 4. The first kappa shape index (κ1) is 17.1. The van der Waals surface area contributed by atoms with Crippen molar-refractivity contribution in [1.82, 2.24) is 0 Å². The van der Waals surface area contributed by atoms with Gasteiger partial charge in [-0.3, -0.25) is 0 Å². The highest BCUT2D eigenvalue weighted by Crippen LogP contribution is 2.56. The van der Waals surface area contributed by atoms with Gasteiger partial charge in [-0.15, -0.1) is 0 Å². The molecule has 0 fully saturated rings. The maximum absolute atomic E-state index is 2.59. The van der Waals surface area contributed by atoms with Gasteiger partial charge >= 0.3 is 0 Å². The van der Waals surface area contributed by atoms with Crippen LogP contribution in [0.3, 0.4) is 0 Å². The van der Waals surface area contributed by atoms with Crippen LogP contribution in [0, 0.1) is 0 Å². The Labute approximate surface area is 158 Å². The third kappa shape index (κ3) is 2.59. The molecule has 1 atom stereocenters. The fourth-order valence-corrected chi connectivity index (χ4v) is 9.05. The molecule has 1 heteroatoms. The number of hydrogen-bond acceptors (Lipinski definition) is 0. The maximum Gasteiger partial charge on any atom is 0.121 e. The van der Waals surface area contributed by atoms with Gasteiger partial charge in [-0.25, -0.2) is 0 Å². The Morgan fingerprint density at radius 2 is 1.38 bits per heavy atom. The molecule has 0 aliphatic heterocycles. The lowest BCUT2D eigenvalue weighted by atomic mass is 9.91. The van der Waals surface area contributed by atoms with E-state index in [0.29, 0.717) is 0 Å². The Kier molecular flexibility index (Phi) is 4.42. The lowest BCUT2D eigenvalue weighted by Crippen LogP contribution is -2.52. The van der Waals surface area contributed by atoms with Crippen LogP contribution in [-0.4, -0.2) is 8.80 Å². The van der Waals surface area contributed by atoms with Crippen LogP contribution < -0.4 is 10.4 Å². The highest BCUT2D eigenvalue weighted by Gasteiger charge is 2.47. The van der Waals surface area contributed by atoms with Gasteiger partial charge in [0.15, 0.2) is 0 Å². The summed E-state index contributed by atoms with van der Waals surface area (Å²) in [5, 5.41) is 3.09. The molecular weight excluding hydrogens is 328 g/mol. The normalized spacial score (nSPS) is 22.2. The molecule has 0 saturated heterocycles. The van der Waals surface area contributed by atoms with Gasteiger partial charge in [0.2, 0.25) is 0 Å². The van der Waals surface area contributed by atoms with Crippen molar-refractivity contribution in [3.63, 3.8) is 0 Å². The van der Waals surface area contributed by atoms with Crippen molar-refractivity contribution in [2.75, 3.05) is 0 Å². The van der Waals surface area contributed by atoms with E-state index in [-0.39, 0.29) is 5.04 Å². The van der Waals surface area contributed by atoms with E-state index in [0.717, 1.165) is 6.42 Å². The lowest BCUT2D eigenvalue weighted by Gasteiger charge is -2.39. The van der Waals surface area contributed by atoms with Gasteiger partial charge in [0.25, 0.3) is 0 Å². The summed E-state index contributed by atoms with van der Waals surface area (Å²) in [6, 6.07) is 22.4. The quantitative estimate of drug-likeness (QED) is 0.682. The van der Waals surface area contributed by atoms with Crippen LogP contribution in [0.25, 0.3) is 0 Å². The van der Waals surface area contributed by atoms with Gasteiger partial charge < -0.3 is 0 Å². The molecule has 2 aromatic carbocycles. The molecule has 0 heterocycles. The molecule has 1 unspecified atom stereocenters. The van der Waals surface area contributed by atoms with Crippen LogP contribution in [0.5, 0.6) is 0 Å². The van der Waals surface area contributed by atoms with Crippen molar-refractivity contribution in [3.05, 3.63) is 107 Å². The van der Waals surface area contributed by atoms with E-state index in [1.165, 1.54) is 21.5 Å². The fourth-order valence-electron chi connectivity index (χ4n) is 4.75. The van der Waals surface area contributed by atoms with Gasteiger partial charge in [-0.05, 0) is 32.8 Å². The molecule has 130 valence electrons. The average Bonchev–Trinajstić information content (AvgIpc) is 3.29. The SMILES string of the molecule is CC1=CC(C2=CC=CC2)([SiH](c2ccccc2)c2ccccc2)C(C)=C1C. The van der Waals surface area contributed by atoms with Gasteiger partial charge in [0.05, 0.1) is 0 Å². The molecule has 2 aliphatic rings. The summed E-state index contributed by atoms with van der Waals surface area (Å²) >= 11 is 0. The molecule has 4 rings (SSSR count). The summed E-state index contributed by atoms with van der Waals surface area (Å²) in [6.07, 6.45) is 10.6. The van der Waals surface area contributed by atoms with Crippen molar-refractivity contribution in [3.8, 4) is 0 Å². The predicted octanol–water partition coefficient (Wildman–Crippen LogP) is 4.95. The monoisotopic (exact) mass is 354 g/mol. The molecule has 26 heavy (non-hydrogen) atoms. The minimum atomic E-state index is -1.57. The third-order valence-electron chi connectivity index (χ3n) is 6.24. The highest BCUT2D eigenvalue weighted by atomic mass is 28.3. The van der Waals surface area contributed by atoms with Crippen LogP contribution >= 0.6 is 0 Å². The second kappa shape index (κ2) is 6.73. The summed E-state index contributed by atoms with van der Waals surface area (Å²) in [4.78, 5) is 0. The molecule has 2 aliphatic carbocycles. The molecule has 2 aromatic rings. The van der Waals surface area contributed by atoms with Crippen LogP contribution in [0.15, 0.2) is 107 Å². The van der Waals surface area contributed by atoms with E-state index in [9.17, 15) is 0 Å². The Balaban J connectivity index is 2.01. The van der Waals surface area contributed by atoms with E-state index >= 15 is 0 Å². The van der Waals surface area contributed by atoms with Crippen LogP contribution in [0.1, 0.15) is 27.2 Å². The molecule has 0 bridgehead atoms. The smallest absolute Gasteiger partial charge is 0.0804 e. The van der Waals surface area contributed by atoms with Crippen molar-refractivity contribution in [2.45, 2.75) is 32.2 Å². The minimum absolute atomic E-state index is 0.0559. The molecule has 0 N–H and O–H groups in total. The summed E-state index contributed by atoms with van der Waals surface area (Å²) < 4.78 is 0. The third-order valence-corrected chi connectivity index (χ3v) is 10.2. The summed E-state index contributed by atoms with van der Waals surface area (Å²) in [5.41, 5.74) is 6.03. The van der Waals surface area contributed by atoms with Gasteiger partial charge in [-0.1, -0.05) is 112 Å². The average molecular weight is 355 g/mol. The molecule has 0 aromatic heterocycles.